The molecule has 3 rings (SSSR count). The minimum absolute atomic E-state index is 0.165. The normalized spacial score (nSPS) is 24.2. The number of hydrogen-bond donors (Lipinski definition) is 1. The molecule has 1 atom stereocenters. The van der Waals surface area contributed by atoms with Crippen molar-refractivity contribution in [1.29, 1.82) is 0 Å². The molecule has 4 heteroatoms. The average Bonchev–Trinajstić information content (AvgIpc) is 2.83. The van der Waals surface area contributed by atoms with Crippen LogP contribution in [0.2, 0.25) is 0 Å². The lowest BCUT2D eigenvalue weighted by atomic mass is 9.77. The van der Waals surface area contributed by atoms with Crippen LogP contribution in [-0.2, 0) is 11.3 Å². The lowest BCUT2D eigenvalue weighted by molar-refractivity contribution is 0.0892. The van der Waals surface area contributed by atoms with E-state index in [4.69, 9.17) is 4.74 Å². The number of nitrogens with one attached hydrogen (secondary N) is 1. The lowest BCUT2D eigenvalue weighted by Gasteiger charge is -2.33. The van der Waals surface area contributed by atoms with Crippen LogP contribution in [0.1, 0.15) is 31.7 Å². The topological polar surface area (TPSA) is 41.6 Å². The number of carbonyl (C=O) groups excluding carboxylic acids is 1. The SMILES string of the molecule is CC1CC2(CCNCC2)CN1C(=O)OCc1ccccc1. The first-order chi connectivity index (χ1) is 10.2. The van der Waals surface area contributed by atoms with E-state index < -0.39 is 0 Å². The van der Waals surface area contributed by atoms with Gasteiger partial charge in [-0.2, -0.15) is 0 Å². The molecule has 2 saturated heterocycles. The van der Waals surface area contributed by atoms with Crippen LogP contribution in [0.4, 0.5) is 4.79 Å². The van der Waals surface area contributed by atoms with Gasteiger partial charge in [-0.1, -0.05) is 30.3 Å². The summed E-state index contributed by atoms with van der Waals surface area (Å²) in [5, 5.41) is 3.41. The summed E-state index contributed by atoms with van der Waals surface area (Å²) < 4.78 is 5.49. The number of ether oxygens (including phenoxy) is 1. The summed E-state index contributed by atoms with van der Waals surface area (Å²) in [5.41, 5.74) is 1.35. The van der Waals surface area contributed by atoms with Crippen LogP contribution in [0.3, 0.4) is 0 Å². The van der Waals surface area contributed by atoms with E-state index in [1.807, 2.05) is 35.2 Å². The Balaban J connectivity index is 1.57. The Kier molecular flexibility index (Phi) is 4.15. The van der Waals surface area contributed by atoms with Crippen LogP contribution in [0.25, 0.3) is 0 Å². The van der Waals surface area contributed by atoms with Crippen molar-refractivity contribution >= 4 is 6.09 Å². The molecular formula is C17H24N2O2. The molecule has 2 aliphatic rings. The van der Waals surface area contributed by atoms with E-state index in [-0.39, 0.29) is 12.1 Å². The zero-order valence-corrected chi connectivity index (χ0v) is 12.7. The molecule has 1 N–H and O–H groups in total. The van der Waals surface area contributed by atoms with Crippen molar-refractivity contribution in [2.75, 3.05) is 19.6 Å². The zero-order chi connectivity index (χ0) is 14.7. The van der Waals surface area contributed by atoms with E-state index in [0.29, 0.717) is 12.0 Å². The highest BCUT2D eigenvalue weighted by Gasteiger charge is 2.44. The molecule has 1 aromatic rings. The monoisotopic (exact) mass is 288 g/mol. The molecule has 1 aromatic carbocycles. The van der Waals surface area contributed by atoms with E-state index in [1.54, 1.807) is 0 Å². The van der Waals surface area contributed by atoms with E-state index in [9.17, 15) is 4.79 Å². The molecule has 4 nitrogen and oxygen atoms in total. The van der Waals surface area contributed by atoms with Gasteiger partial charge in [-0.25, -0.2) is 4.79 Å². The van der Waals surface area contributed by atoms with Crippen LogP contribution in [0.5, 0.6) is 0 Å². The Morgan fingerprint density at radius 2 is 2.05 bits per heavy atom. The third kappa shape index (κ3) is 3.21. The van der Waals surface area contributed by atoms with E-state index in [2.05, 4.69) is 12.2 Å². The van der Waals surface area contributed by atoms with Gasteiger partial charge >= 0.3 is 6.09 Å². The predicted octanol–water partition coefficient (Wildman–Crippen LogP) is 2.79. The summed E-state index contributed by atoms with van der Waals surface area (Å²) in [6, 6.07) is 10.1. The van der Waals surface area contributed by atoms with Crippen molar-refractivity contribution in [3.8, 4) is 0 Å². The van der Waals surface area contributed by atoms with Gasteiger partial charge in [0.2, 0.25) is 0 Å². The number of nitrogens with zero attached hydrogens (tertiary/aromatic N) is 1. The minimum atomic E-state index is -0.165. The van der Waals surface area contributed by atoms with Gasteiger partial charge in [0.05, 0.1) is 0 Å². The number of carbonyl (C=O) groups is 1. The molecule has 0 radical (unpaired) electrons. The van der Waals surface area contributed by atoms with Crippen molar-refractivity contribution < 1.29 is 9.53 Å². The second-order valence-corrected chi connectivity index (χ2v) is 6.47. The van der Waals surface area contributed by atoms with Gasteiger partial charge in [0.1, 0.15) is 6.61 Å². The average molecular weight is 288 g/mol. The summed E-state index contributed by atoms with van der Waals surface area (Å²) in [7, 11) is 0. The molecule has 2 fully saturated rings. The first-order valence-electron chi connectivity index (χ1n) is 7.87. The molecule has 1 spiro atoms. The zero-order valence-electron chi connectivity index (χ0n) is 12.7. The minimum Gasteiger partial charge on any atom is -0.445 e. The number of amides is 1. The molecule has 0 bridgehead atoms. The number of piperidine rings is 1. The number of hydrogen-bond acceptors (Lipinski definition) is 3. The Hall–Kier alpha value is -1.55. The Morgan fingerprint density at radius 1 is 1.33 bits per heavy atom. The molecular weight excluding hydrogens is 264 g/mol. The summed E-state index contributed by atoms with van der Waals surface area (Å²) in [6.45, 7) is 5.49. The molecule has 2 aliphatic heterocycles. The standard InChI is InChI=1S/C17H24N2O2/c1-14-11-17(7-9-18-10-8-17)13-19(14)16(20)21-12-15-5-3-2-4-6-15/h2-6,14,18H,7-13H2,1H3. The van der Waals surface area contributed by atoms with Gasteiger partial charge in [0, 0.05) is 12.6 Å². The largest absolute Gasteiger partial charge is 0.445 e. The Morgan fingerprint density at radius 3 is 2.76 bits per heavy atom. The first-order valence-corrected chi connectivity index (χ1v) is 7.87. The number of likely N-dealkylation sites (tertiary alicyclic amines) is 1. The van der Waals surface area contributed by atoms with Gasteiger partial charge in [0.15, 0.2) is 0 Å². The van der Waals surface area contributed by atoms with Crippen molar-refractivity contribution in [3.05, 3.63) is 35.9 Å². The fourth-order valence-electron chi connectivity index (χ4n) is 3.68. The smallest absolute Gasteiger partial charge is 0.410 e. The summed E-state index contributed by atoms with van der Waals surface area (Å²) in [5.74, 6) is 0. The van der Waals surface area contributed by atoms with Crippen molar-refractivity contribution in [2.45, 2.75) is 38.8 Å². The summed E-state index contributed by atoms with van der Waals surface area (Å²) in [6.07, 6.45) is 3.27. The first kappa shape index (κ1) is 14.4. The van der Waals surface area contributed by atoms with Crippen molar-refractivity contribution in [2.24, 2.45) is 5.41 Å². The highest BCUT2D eigenvalue weighted by molar-refractivity contribution is 5.68. The quantitative estimate of drug-likeness (QED) is 0.910. The van der Waals surface area contributed by atoms with Crippen LogP contribution in [0, 0.1) is 5.41 Å². The molecule has 21 heavy (non-hydrogen) atoms. The van der Waals surface area contributed by atoms with E-state index in [1.165, 1.54) is 12.8 Å². The van der Waals surface area contributed by atoms with Gasteiger partial charge < -0.3 is 15.0 Å². The van der Waals surface area contributed by atoms with E-state index in [0.717, 1.165) is 31.6 Å². The highest BCUT2D eigenvalue weighted by Crippen LogP contribution is 2.41. The molecule has 1 unspecified atom stereocenters. The number of rotatable bonds is 2. The van der Waals surface area contributed by atoms with E-state index >= 15 is 0 Å². The van der Waals surface area contributed by atoms with Crippen LogP contribution in [-0.4, -0.2) is 36.7 Å². The van der Waals surface area contributed by atoms with Gasteiger partial charge in [-0.3, -0.25) is 0 Å². The maximum atomic E-state index is 12.3. The van der Waals surface area contributed by atoms with Gasteiger partial charge in [-0.15, -0.1) is 0 Å². The van der Waals surface area contributed by atoms with Crippen molar-refractivity contribution in [3.63, 3.8) is 0 Å². The molecule has 2 heterocycles. The molecule has 0 aliphatic carbocycles. The van der Waals surface area contributed by atoms with Gasteiger partial charge in [0.25, 0.3) is 0 Å². The second-order valence-electron chi connectivity index (χ2n) is 6.47. The number of benzene rings is 1. The van der Waals surface area contributed by atoms with Crippen LogP contribution in [0.15, 0.2) is 30.3 Å². The summed E-state index contributed by atoms with van der Waals surface area (Å²) >= 11 is 0. The third-order valence-corrected chi connectivity index (χ3v) is 4.87. The Labute approximate surface area is 126 Å². The second kappa shape index (κ2) is 6.06. The van der Waals surface area contributed by atoms with Crippen LogP contribution >= 0.6 is 0 Å². The van der Waals surface area contributed by atoms with Crippen LogP contribution < -0.4 is 5.32 Å². The lowest BCUT2D eigenvalue weighted by Crippen LogP contribution is -2.40. The van der Waals surface area contributed by atoms with Gasteiger partial charge in [-0.05, 0) is 50.3 Å². The third-order valence-electron chi connectivity index (χ3n) is 4.87. The van der Waals surface area contributed by atoms with Crippen molar-refractivity contribution in [1.82, 2.24) is 10.2 Å². The Bertz CT molecular complexity index is 483. The molecule has 0 aromatic heterocycles. The highest BCUT2D eigenvalue weighted by atomic mass is 16.6. The molecule has 114 valence electrons. The molecule has 0 saturated carbocycles. The fraction of sp³-hybridized carbons (Fsp3) is 0.588. The molecule has 1 amide bonds. The maximum absolute atomic E-state index is 12.3. The summed E-state index contributed by atoms with van der Waals surface area (Å²) in [4.78, 5) is 14.3. The maximum Gasteiger partial charge on any atom is 0.410 e. The predicted molar refractivity (Wildman–Crippen MR) is 81.9 cm³/mol. The fourth-order valence-corrected chi connectivity index (χ4v) is 3.68.